The normalized spacial score (nSPS) is 14.1. The molecule has 0 spiro atoms. The van der Waals surface area contributed by atoms with Crippen LogP contribution in [0.15, 0.2) is 0 Å². The molecular formula is C70H136O17P2. The van der Waals surface area contributed by atoms with Crippen LogP contribution in [0.4, 0.5) is 0 Å². The molecule has 0 saturated carbocycles. The summed E-state index contributed by atoms with van der Waals surface area (Å²) in [6.45, 7) is 7.19. The van der Waals surface area contributed by atoms with E-state index in [1.807, 2.05) is 0 Å². The Hall–Kier alpha value is -1.94. The number of carbonyl (C=O) groups is 4. The van der Waals surface area contributed by atoms with Gasteiger partial charge in [0, 0.05) is 25.7 Å². The van der Waals surface area contributed by atoms with Gasteiger partial charge in [0.05, 0.1) is 26.4 Å². The number of phosphoric acid groups is 2. The van der Waals surface area contributed by atoms with Crippen molar-refractivity contribution in [1.82, 2.24) is 0 Å². The number of unbranched alkanes of at least 4 members (excludes halogenated alkanes) is 42. The first-order valence-corrected chi connectivity index (χ1v) is 39.6. The molecule has 0 aromatic rings. The topological polar surface area (TPSA) is 237 Å². The van der Waals surface area contributed by atoms with Crippen molar-refractivity contribution in [3.8, 4) is 0 Å². The van der Waals surface area contributed by atoms with Crippen molar-refractivity contribution in [1.29, 1.82) is 0 Å². The molecule has 0 fully saturated rings. The fourth-order valence-electron chi connectivity index (χ4n) is 10.6. The lowest BCUT2D eigenvalue weighted by Gasteiger charge is -2.21. The largest absolute Gasteiger partial charge is 0.472 e. The number of hydrogen-bond donors (Lipinski definition) is 3. The van der Waals surface area contributed by atoms with E-state index in [0.29, 0.717) is 25.7 Å². The van der Waals surface area contributed by atoms with Gasteiger partial charge in [-0.15, -0.1) is 0 Å². The maximum absolute atomic E-state index is 13.0. The van der Waals surface area contributed by atoms with Gasteiger partial charge in [-0.1, -0.05) is 311 Å². The Kier molecular flexibility index (Phi) is 62.1. The standard InChI is InChI=1S/C70H136O17P2/c1-6-9-12-15-17-19-21-23-28-31-35-39-44-49-54-68(73)81-60-66(87-70(75)56-51-46-41-37-33-29-25-24-27-30-34-38-43-47-52-63(4)5)62-85-89(78,79)83-58-64(71)57-82-88(76,77)84-61-65(59-80-67(72)53-48-42-14-11-8-3)86-69(74)55-50-45-40-36-32-26-22-20-18-16-13-10-7-2/h63-66,71H,6-62H2,1-5H3,(H,76,77)(H,78,79)/t64-,65+,66+/m0/s1. The van der Waals surface area contributed by atoms with Gasteiger partial charge in [-0.05, 0) is 31.6 Å². The van der Waals surface area contributed by atoms with Gasteiger partial charge in [0.15, 0.2) is 12.2 Å². The van der Waals surface area contributed by atoms with Crippen LogP contribution in [0, 0.1) is 5.92 Å². The number of hydrogen-bond acceptors (Lipinski definition) is 15. The maximum Gasteiger partial charge on any atom is 0.472 e. The summed E-state index contributed by atoms with van der Waals surface area (Å²) in [7, 11) is -9.89. The van der Waals surface area contributed by atoms with Gasteiger partial charge in [0.2, 0.25) is 0 Å². The highest BCUT2D eigenvalue weighted by atomic mass is 31.2. The predicted octanol–water partition coefficient (Wildman–Crippen LogP) is 20.1. The summed E-state index contributed by atoms with van der Waals surface area (Å²) in [5.41, 5.74) is 0. The molecule has 0 bridgehead atoms. The molecule has 0 rings (SSSR count). The van der Waals surface area contributed by atoms with Crippen molar-refractivity contribution in [3.05, 3.63) is 0 Å². The van der Waals surface area contributed by atoms with Crippen molar-refractivity contribution in [2.45, 2.75) is 380 Å². The second-order valence-electron chi connectivity index (χ2n) is 25.7. The first-order valence-electron chi connectivity index (χ1n) is 36.6. The molecule has 17 nitrogen and oxygen atoms in total. The van der Waals surface area contributed by atoms with E-state index < -0.39 is 97.5 Å². The number of phosphoric ester groups is 2. The number of aliphatic hydroxyl groups is 1. The Balaban J connectivity index is 5.16. The van der Waals surface area contributed by atoms with Gasteiger partial charge in [0.1, 0.15) is 19.3 Å². The van der Waals surface area contributed by atoms with E-state index in [0.717, 1.165) is 102 Å². The smallest absolute Gasteiger partial charge is 0.462 e. The zero-order valence-corrected chi connectivity index (χ0v) is 59.4. The van der Waals surface area contributed by atoms with Crippen LogP contribution in [-0.4, -0.2) is 96.7 Å². The van der Waals surface area contributed by atoms with Crippen molar-refractivity contribution < 1.29 is 80.2 Å². The van der Waals surface area contributed by atoms with E-state index in [2.05, 4.69) is 34.6 Å². The molecule has 0 aliphatic rings. The molecule has 0 aromatic heterocycles. The third kappa shape index (κ3) is 64.6. The molecule has 0 aliphatic heterocycles. The average molecular weight is 1310 g/mol. The summed E-state index contributed by atoms with van der Waals surface area (Å²) >= 11 is 0. The molecule has 0 saturated heterocycles. The van der Waals surface area contributed by atoms with Crippen LogP contribution in [0.5, 0.6) is 0 Å². The Bertz CT molecular complexity index is 1720. The number of carbonyl (C=O) groups excluding carboxylic acids is 4. The van der Waals surface area contributed by atoms with Gasteiger partial charge in [-0.3, -0.25) is 37.3 Å². The summed E-state index contributed by atoms with van der Waals surface area (Å²) in [6, 6.07) is 0. The Labute approximate surface area is 543 Å². The first-order chi connectivity index (χ1) is 43.0. The zero-order chi connectivity index (χ0) is 65.6. The monoisotopic (exact) mass is 1310 g/mol. The Morgan fingerprint density at radius 1 is 0.303 bits per heavy atom. The molecule has 19 heteroatoms. The van der Waals surface area contributed by atoms with Crippen LogP contribution < -0.4 is 0 Å². The van der Waals surface area contributed by atoms with Crippen molar-refractivity contribution in [2.24, 2.45) is 5.92 Å². The lowest BCUT2D eigenvalue weighted by Crippen LogP contribution is -2.30. The third-order valence-electron chi connectivity index (χ3n) is 16.3. The SMILES string of the molecule is CCCCCCCCCCCCCCCCC(=O)OC[C@H](COP(=O)(O)OC[C@@H](O)COP(=O)(O)OC[C@@H](COC(=O)CCCCCCC)OC(=O)CCCCCCCCCCCCCCC)OC(=O)CCCCCCCCCCCCCCCCC(C)C. The van der Waals surface area contributed by atoms with Crippen LogP contribution in [0.3, 0.4) is 0 Å². The molecule has 528 valence electrons. The van der Waals surface area contributed by atoms with Crippen LogP contribution in [0.2, 0.25) is 0 Å². The van der Waals surface area contributed by atoms with Crippen molar-refractivity contribution >= 4 is 39.5 Å². The molecule has 89 heavy (non-hydrogen) atoms. The van der Waals surface area contributed by atoms with E-state index in [4.69, 9.17) is 37.0 Å². The number of ether oxygens (including phenoxy) is 4. The molecule has 0 amide bonds. The molecular weight excluding hydrogens is 1170 g/mol. The summed E-state index contributed by atoms with van der Waals surface area (Å²) in [6.07, 6.45) is 50.2. The molecule has 0 radical (unpaired) electrons. The van der Waals surface area contributed by atoms with Gasteiger partial charge < -0.3 is 33.8 Å². The Morgan fingerprint density at radius 3 is 0.764 bits per heavy atom. The van der Waals surface area contributed by atoms with E-state index >= 15 is 0 Å². The van der Waals surface area contributed by atoms with Gasteiger partial charge >= 0.3 is 39.5 Å². The van der Waals surface area contributed by atoms with E-state index in [-0.39, 0.29) is 25.7 Å². The summed E-state index contributed by atoms with van der Waals surface area (Å²) in [5.74, 6) is -1.34. The number of aliphatic hydroxyl groups excluding tert-OH is 1. The van der Waals surface area contributed by atoms with Crippen molar-refractivity contribution in [2.75, 3.05) is 39.6 Å². The predicted molar refractivity (Wildman–Crippen MR) is 358 cm³/mol. The van der Waals surface area contributed by atoms with E-state index in [1.165, 1.54) is 180 Å². The highest BCUT2D eigenvalue weighted by Gasteiger charge is 2.30. The molecule has 3 N–H and O–H groups in total. The minimum Gasteiger partial charge on any atom is -0.462 e. The van der Waals surface area contributed by atoms with Gasteiger partial charge in [-0.25, -0.2) is 9.13 Å². The average Bonchev–Trinajstić information content (AvgIpc) is 3.66. The van der Waals surface area contributed by atoms with Gasteiger partial charge in [0.25, 0.3) is 0 Å². The van der Waals surface area contributed by atoms with Crippen LogP contribution in [0.1, 0.15) is 362 Å². The summed E-state index contributed by atoms with van der Waals surface area (Å²) < 4.78 is 68.1. The quantitative estimate of drug-likeness (QED) is 0.0222. The van der Waals surface area contributed by atoms with E-state index in [9.17, 15) is 43.2 Å². The molecule has 2 unspecified atom stereocenters. The third-order valence-corrected chi connectivity index (χ3v) is 18.2. The molecule has 0 aromatic carbocycles. The minimum atomic E-state index is -4.95. The second-order valence-corrected chi connectivity index (χ2v) is 28.7. The summed E-state index contributed by atoms with van der Waals surface area (Å²) in [4.78, 5) is 72.3. The Morgan fingerprint density at radius 2 is 0.517 bits per heavy atom. The maximum atomic E-state index is 13.0. The fraction of sp³-hybridized carbons (Fsp3) is 0.943. The summed E-state index contributed by atoms with van der Waals surface area (Å²) in [5, 5.41) is 10.6. The highest BCUT2D eigenvalue weighted by molar-refractivity contribution is 7.47. The van der Waals surface area contributed by atoms with Crippen LogP contribution >= 0.6 is 15.6 Å². The van der Waals surface area contributed by atoms with Crippen LogP contribution in [-0.2, 0) is 65.4 Å². The second kappa shape index (κ2) is 63.5. The zero-order valence-electron chi connectivity index (χ0n) is 57.6. The van der Waals surface area contributed by atoms with Crippen molar-refractivity contribution in [3.63, 3.8) is 0 Å². The lowest BCUT2D eigenvalue weighted by atomic mass is 10.0. The molecule has 5 atom stereocenters. The number of esters is 4. The minimum absolute atomic E-state index is 0.107. The molecule has 0 heterocycles. The van der Waals surface area contributed by atoms with Gasteiger partial charge in [-0.2, -0.15) is 0 Å². The lowest BCUT2D eigenvalue weighted by molar-refractivity contribution is -0.161. The first kappa shape index (κ1) is 87.1. The fourth-order valence-corrected chi connectivity index (χ4v) is 12.2. The van der Waals surface area contributed by atoms with E-state index in [1.54, 1.807) is 0 Å². The number of rotatable bonds is 70. The highest BCUT2D eigenvalue weighted by Crippen LogP contribution is 2.45. The van der Waals surface area contributed by atoms with Crippen LogP contribution in [0.25, 0.3) is 0 Å². The molecule has 0 aliphatic carbocycles.